The Balaban J connectivity index is 2.02. The molecule has 0 N–H and O–H groups in total. The molecule has 2 nitrogen and oxygen atoms in total. The highest BCUT2D eigenvalue weighted by Crippen LogP contribution is 2.25. The zero-order valence-corrected chi connectivity index (χ0v) is 9.05. The summed E-state index contributed by atoms with van der Waals surface area (Å²) in [6.07, 6.45) is 0. The van der Waals surface area contributed by atoms with Crippen molar-refractivity contribution >= 4 is 11.8 Å². The van der Waals surface area contributed by atoms with E-state index in [1.54, 1.807) is 12.1 Å². The van der Waals surface area contributed by atoms with E-state index in [1.807, 2.05) is 19.1 Å². The standard InChI is InChI=1S/C11H10FNOS/c1-8-6-9(14-13-8)7-15-11-5-3-2-4-10(11)12/h2-6H,7H2,1H3. The zero-order chi connectivity index (χ0) is 10.7. The summed E-state index contributed by atoms with van der Waals surface area (Å²) in [6.45, 7) is 1.86. The Morgan fingerprint density at radius 1 is 1.40 bits per heavy atom. The molecule has 2 aromatic rings. The van der Waals surface area contributed by atoms with Gasteiger partial charge >= 0.3 is 0 Å². The second kappa shape index (κ2) is 4.49. The summed E-state index contributed by atoms with van der Waals surface area (Å²) >= 11 is 1.40. The summed E-state index contributed by atoms with van der Waals surface area (Å²) in [4.78, 5) is 0.631. The SMILES string of the molecule is Cc1cc(CSc2ccccc2F)on1. The van der Waals surface area contributed by atoms with Crippen LogP contribution in [0.1, 0.15) is 11.5 Å². The van der Waals surface area contributed by atoms with Gasteiger partial charge in [0.05, 0.1) is 11.4 Å². The molecule has 2 rings (SSSR count). The van der Waals surface area contributed by atoms with Crippen molar-refractivity contribution in [2.24, 2.45) is 0 Å². The lowest BCUT2D eigenvalue weighted by Gasteiger charge is -1.99. The van der Waals surface area contributed by atoms with Gasteiger partial charge < -0.3 is 4.52 Å². The average molecular weight is 223 g/mol. The number of aryl methyl sites for hydroxylation is 1. The van der Waals surface area contributed by atoms with E-state index in [-0.39, 0.29) is 5.82 Å². The van der Waals surface area contributed by atoms with E-state index in [4.69, 9.17) is 4.52 Å². The van der Waals surface area contributed by atoms with Crippen LogP contribution in [0.2, 0.25) is 0 Å². The summed E-state index contributed by atoms with van der Waals surface area (Å²) in [7, 11) is 0. The molecule has 0 unspecified atom stereocenters. The maximum Gasteiger partial charge on any atom is 0.147 e. The van der Waals surface area contributed by atoms with Crippen LogP contribution in [0, 0.1) is 12.7 Å². The van der Waals surface area contributed by atoms with Crippen LogP contribution >= 0.6 is 11.8 Å². The van der Waals surface area contributed by atoms with Crippen molar-refractivity contribution in [2.75, 3.05) is 0 Å². The first-order valence-corrected chi connectivity index (χ1v) is 5.54. The molecule has 0 radical (unpaired) electrons. The van der Waals surface area contributed by atoms with Crippen LogP contribution in [0.5, 0.6) is 0 Å². The molecular formula is C11H10FNOS. The molecule has 0 aliphatic carbocycles. The van der Waals surface area contributed by atoms with Crippen molar-refractivity contribution in [1.29, 1.82) is 0 Å². The Morgan fingerprint density at radius 3 is 2.87 bits per heavy atom. The Labute approximate surface area is 91.5 Å². The van der Waals surface area contributed by atoms with Crippen LogP contribution in [0.25, 0.3) is 0 Å². The fourth-order valence-electron chi connectivity index (χ4n) is 1.19. The third kappa shape index (κ3) is 2.59. The topological polar surface area (TPSA) is 26.0 Å². The zero-order valence-electron chi connectivity index (χ0n) is 8.24. The summed E-state index contributed by atoms with van der Waals surface area (Å²) < 4.78 is 18.3. The van der Waals surface area contributed by atoms with Gasteiger partial charge in [-0.1, -0.05) is 17.3 Å². The molecule has 0 fully saturated rings. The van der Waals surface area contributed by atoms with E-state index in [0.29, 0.717) is 10.6 Å². The van der Waals surface area contributed by atoms with Crippen LogP contribution in [0.3, 0.4) is 0 Å². The third-order valence-corrected chi connectivity index (χ3v) is 2.95. The number of hydrogen-bond donors (Lipinski definition) is 0. The fraction of sp³-hybridized carbons (Fsp3) is 0.182. The van der Waals surface area contributed by atoms with Gasteiger partial charge in [0.2, 0.25) is 0 Å². The average Bonchev–Trinajstić information content (AvgIpc) is 2.63. The van der Waals surface area contributed by atoms with E-state index >= 15 is 0 Å². The van der Waals surface area contributed by atoms with Gasteiger partial charge in [-0.2, -0.15) is 0 Å². The molecule has 1 heterocycles. The number of nitrogens with zero attached hydrogens (tertiary/aromatic N) is 1. The minimum absolute atomic E-state index is 0.196. The molecule has 15 heavy (non-hydrogen) atoms. The molecule has 0 aliphatic heterocycles. The van der Waals surface area contributed by atoms with Gasteiger partial charge in [-0.15, -0.1) is 11.8 Å². The monoisotopic (exact) mass is 223 g/mol. The number of rotatable bonds is 3. The molecule has 0 aliphatic rings. The highest BCUT2D eigenvalue weighted by atomic mass is 32.2. The predicted octanol–water partition coefficient (Wildman–Crippen LogP) is 3.41. The number of aromatic nitrogens is 1. The maximum absolute atomic E-state index is 13.2. The van der Waals surface area contributed by atoms with E-state index in [2.05, 4.69) is 5.16 Å². The van der Waals surface area contributed by atoms with Gasteiger partial charge in [0, 0.05) is 11.0 Å². The summed E-state index contributed by atoms with van der Waals surface area (Å²) in [5.41, 5.74) is 0.846. The molecule has 1 aromatic heterocycles. The van der Waals surface area contributed by atoms with E-state index < -0.39 is 0 Å². The first kappa shape index (κ1) is 10.2. The number of halogens is 1. The highest BCUT2D eigenvalue weighted by Gasteiger charge is 2.04. The number of thioether (sulfide) groups is 1. The lowest BCUT2D eigenvalue weighted by molar-refractivity contribution is 0.391. The van der Waals surface area contributed by atoms with Crippen molar-refractivity contribution in [3.8, 4) is 0 Å². The molecule has 0 saturated heterocycles. The molecule has 0 bridgehead atoms. The van der Waals surface area contributed by atoms with Gasteiger partial charge in [0.25, 0.3) is 0 Å². The molecule has 78 valence electrons. The predicted molar refractivity (Wildman–Crippen MR) is 57.2 cm³/mol. The van der Waals surface area contributed by atoms with Gasteiger partial charge in [-0.05, 0) is 19.1 Å². The Kier molecular flexibility index (Phi) is 3.06. The third-order valence-electron chi connectivity index (χ3n) is 1.88. The first-order valence-electron chi connectivity index (χ1n) is 4.55. The number of hydrogen-bond acceptors (Lipinski definition) is 3. The Bertz CT molecular complexity index is 455. The molecular weight excluding hydrogens is 213 g/mol. The molecule has 0 atom stereocenters. The maximum atomic E-state index is 13.2. The summed E-state index contributed by atoms with van der Waals surface area (Å²) in [5.74, 6) is 1.17. The minimum Gasteiger partial charge on any atom is -0.360 e. The highest BCUT2D eigenvalue weighted by molar-refractivity contribution is 7.98. The van der Waals surface area contributed by atoms with Crippen LogP contribution in [-0.2, 0) is 5.75 Å². The van der Waals surface area contributed by atoms with Crippen molar-refractivity contribution in [1.82, 2.24) is 5.16 Å². The van der Waals surface area contributed by atoms with E-state index in [1.165, 1.54) is 17.8 Å². The fourth-order valence-corrected chi connectivity index (χ4v) is 2.01. The largest absolute Gasteiger partial charge is 0.360 e. The van der Waals surface area contributed by atoms with Crippen molar-refractivity contribution in [3.05, 3.63) is 47.6 Å². The van der Waals surface area contributed by atoms with Crippen LogP contribution in [-0.4, -0.2) is 5.16 Å². The molecule has 4 heteroatoms. The van der Waals surface area contributed by atoms with Crippen LogP contribution < -0.4 is 0 Å². The van der Waals surface area contributed by atoms with Crippen LogP contribution in [0.4, 0.5) is 4.39 Å². The van der Waals surface area contributed by atoms with Crippen molar-refractivity contribution in [3.63, 3.8) is 0 Å². The Hall–Kier alpha value is -1.29. The minimum atomic E-state index is -0.196. The summed E-state index contributed by atoms with van der Waals surface area (Å²) in [5, 5.41) is 3.77. The molecule has 0 amide bonds. The van der Waals surface area contributed by atoms with Gasteiger partial charge in [0.1, 0.15) is 11.6 Å². The quantitative estimate of drug-likeness (QED) is 0.746. The lowest BCUT2D eigenvalue weighted by Crippen LogP contribution is -1.81. The van der Waals surface area contributed by atoms with Gasteiger partial charge in [-0.25, -0.2) is 4.39 Å². The molecule has 0 spiro atoms. The smallest absolute Gasteiger partial charge is 0.147 e. The second-order valence-corrected chi connectivity index (χ2v) is 4.17. The van der Waals surface area contributed by atoms with Crippen molar-refractivity contribution < 1.29 is 8.91 Å². The van der Waals surface area contributed by atoms with Crippen LogP contribution in [0.15, 0.2) is 39.8 Å². The molecule has 0 saturated carbocycles. The molecule has 1 aromatic carbocycles. The normalized spacial score (nSPS) is 10.5. The number of benzene rings is 1. The van der Waals surface area contributed by atoms with Crippen molar-refractivity contribution in [2.45, 2.75) is 17.6 Å². The Morgan fingerprint density at radius 2 is 2.20 bits per heavy atom. The second-order valence-electron chi connectivity index (χ2n) is 3.15. The van der Waals surface area contributed by atoms with Gasteiger partial charge in [0.15, 0.2) is 0 Å². The lowest BCUT2D eigenvalue weighted by atomic mass is 10.3. The first-order chi connectivity index (χ1) is 7.25. The van der Waals surface area contributed by atoms with E-state index in [0.717, 1.165) is 11.5 Å². The van der Waals surface area contributed by atoms with Gasteiger partial charge in [-0.3, -0.25) is 0 Å². The van der Waals surface area contributed by atoms with E-state index in [9.17, 15) is 4.39 Å². The summed E-state index contributed by atoms with van der Waals surface area (Å²) in [6, 6.07) is 8.56.